The molecule has 8 nitrogen and oxygen atoms in total. The van der Waals surface area contributed by atoms with Gasteiger partial charge in [-0.05, 0) is 0 Å². The SMILES string of the molecule is Cn1ncc(C(N)=S)c1NC(=O)c1cn[nH]n1. The van der Waals surface area contributed by atoms with Crippen molar-refractivity contribution in [2.75, 3.05) is 5.32 Å². The highest BCUT2D eigenvalue weighted by Gasteiger charge is 2.16. The van der Waals surface area contributed by atoms with Gasteiger partial charge in [0.2, 0.25) is 0 Å². The van der Waals surface area contributed by atoms with Crippen molar-refractivity contribution in [2.24, 2.45) is 12.8 Å². The molecule has 9 heteroatoms. The van der Waals surface area contributed by atoms with E-state index in [1.807, 2.05) is 0 Å². The van der Waals surface area contributed by atoms with Crippen LogP contribution in [0.25, 0.3) is 0 Å². The number of aromatic nitrogens is 5. The van der Waals surface area contributed by atoms with E-state index in [9.17, 15) is 4.79 Å². The van der Waals surface area contributed by atoms with E-state index in [2.05, 4.69) is 25.8 Å². The molecule has 0 aliphatic rings. The van der Waals surface area contributed by atoms with Gasteiger partial charge in [0.1, 0.15) is 10.8 Å². The van der Waals surface area contributed by atoms with E-state index in [0.717, 1.165) is 0 Å². The van der Waals surface area contributed by atoms with Crippen molar-refractivity contribution in [3.63, 3.8) is 0 Å². The Morgan fingerprint density at radius 3 is 2.94 bits per heavy atom. The molecule has 2 aromatic heterocycles. The smallest absolute Gasteiger partial charge is 0.278 e. The number of nitrogens with two attached hydrogens (primary N) is 1. The molecule has 4 N–H and O–H groups in total. The Bertz CT molecular complexity index is 558. The maximum atomic E-state index is 11.7. The fourth-order valence-corrected chi connectivity index (χ4v) is 1.40. The van der Waals surface area contributed by atoms with Crippen LogP contribution in [-0.2, 0) is 7.05 Å². The summed E-state index contributed by atoms with van der Waals surface area (Å²) in [6, 6.07) is 0. The number of anilines is 1. The molecule has 2 aromatic rings. The molecule has 0 fully saturated rings. The molecule has 0 unspecified atom stereocenters. The second kappa shape index (κ2) is 4.29. The molecule has 88 valence electrons. The Balaban J connectivity index is 2.27. The number of H-pyrrole nitrogens is 1. The molecule has 0 radical (unpaired) electrons. The standard InChI is InChI=1S/C8H9N7OS/c1-15-7(4(2-11-15)6(9)17)12-8(16)5-3-10-14-13-5/h2-3H,1H3,(H2,9,17)(H,12,16)(H,10,13,14). The molecule has 0 aliphatic heterocycles. The molecule has 0 saturated heterocycles. The molecule has 0 aromatic carbocycles. The summed E-state index contributed by atoms with van der Waals surface area (Å²) >= 11 is 4.85. The van der Waals surface area contributed by atoms with Crippen molar-refractivity contribution >= 4 is 28.9 Å². The van der Waals surface area contributed by atoms with Gasteiger partial charge in [-0.25, -0.2) is 0 Å². The van der Waals surface area contributed by atoms with E-state index in [-0.39, 0.29) is 10.7 Å². The summed E-state index contributed by atoms with van der Waals surface area (Å²) in [5, 5.41) is 16.1. The molecule has 0 bridgehead atoms. The zero-order chi connectivity index (χ0) is 12.4. The average Bonchev–Trinajstić information content (AvgIpc) is 2.89. The Morgan fingerprint density at radius 2 is 2.35 bits per heavy atom. The number of nitrogens with zero attached hydrogens (tertiary/aromatic N) is 4. The van der Waals surface area contributed by atoms with Crippen LogP contribution in [0.5, 0.6) is 0 Å². The van der Waals surface area contributed by atoms with Crippen molar-refractivity contribution in [3.05, 3.63) is 23.7 Å². The summed E-state index contributed by atoms with van der Waals surface area (Å²) in [6.45, 7) is 0. The minimum absolute atomic E-state index is 0.161. The van der Waals surface area contributed by atoms with Crippen LogP contribution in [0.4, 0.5) is 5.82 Å². The van der Waals surface area contributed by atoms with Gasteiger partial charge in [0, 0.05) is 7.05 Å². The first kappa shape index (κ1) is 11.2. The van der Waals surface area contributed by atoms with Gasteiger partial charge in [-0.1, -0.05) is 12.2 Å². The molecule has 2 heterocycles. The summed E-state index contributed by atoms with van der Waals surface area (Å²) in [4.78, 5) is 11.9. The van der Waals surface area contributed by atoms with Crippen LogP contribution < -0.4 is 11.1 Å². The molecule has 1 amide bonds. The number of hydrogen-bond donors (Lipinski definition) is 3. The molecular weight excluding hydrogens is 242 g/mol. The highest BCUT2D eigenvalue weighted by molar-refractivity contribution is 7.80. The van der Waals surface area contributed by atoms with Gasteiger partial charge in [-0.2, -0.15) is 20.5 Å². The van der Waals surface area contributed by atoms with E-state index in [1.54, 1.807) is 7.05 Å². The van der Waals surface area contributed by atoms with Gasteiger partial charge >= 0.3 is 0 Å². The molecular formula is C8H9N7OS. The number of carbonyl (C=O) groups excluding carboxylic acids is 1. The fraction of sp³-hybridized carbons (Fsp3) is 0.125. The number of thiocarbonyl (C=S) groups is 1. The van der Waals surface area contributed by atoms with Crippen molar-refractivity contribution in [1.29, 1.82) is 0 Å². The predicted octanol–water partition coefficient (Wildman–Crippen LogP) is -0.575. The van der Waals surface area contributed by atoms with E-state index in [4.69, 9.17) is 18.0 Å². The van der Waals surface area contributed by atoms with Crippen LogP contribution in [-0.4, -0.2) is 36.1 Å². The van der Waals surface area contributed by atoms with Gasteiger partial charge in [-0.3, -0.25) is 9.48 Å². The Hall–Kier alpha value is -2.29. The maximum Gasteiger partial charge on any atom is 0.278 e. The lowest BCUT2D eigenvalue weighted by Crippen LogP contribution is -2.19. The van der Waals surface area contributed by atoms with Gasteiger partial charge in [0.25, 0.3) is 5.91 Å². The summed E-state index contributed by atoms with van der Waals surface area (Å²) in [6.07, 6.45) is 2.80. The van der Waals surface area contributed by atoms with Crippen molar-refractivity contribution < 1.29 is 4.79 Å². The summed E-state index contributed by atoms with van der Waals surface area (Å²) < 4.78 is 1.46. The normalized spacial score (nSPS) is 10.2. The predicted molar refractivity (Wildman–Crippen MR) is 63.4 cm³/mol. The van der Waals surface area contributed by atoms with Crippen molar-refractivity contribution in [1.82, 2.24) is 25.2 Å². The molecule has 17 heavy (non-hydrogen) atoms. The van der Waals surface area contributed by atoms with Crippen LogP contribution >= 0.6 is 12.2 Å². The molecule has 2 rings (SSSR count). The minimum atomic E-state index is -0.417. The number of nitrogens with one attached hydrogen (secondary N) is 2. The van der Waals surface area contributed by atoms with Gasteiger partial charge in [-0.15, -0.1) is 0 Å². The lowest BCUT2D eigenvalue weighted by molar-refractivity contribution is 0.102. The first-order valence-electron chi connectivity index (χ1n) is 4.58. The fourth-order valence-electron chi connectivity index (χ4n) is 1.25. The second-order valence-electron chi connectivity index (χ2n) is 3.20. The summed E-state index contributed by atoms with van der Waals surface area (Å²) in [5.74, 6) is 0.00495. The van der Waals surface area contributed by atoms with E-state index >= 15 is 0 Å². The highest BCUT2D eigenvalue weighted by Crippen LogP contribution is 2.14. The average molecular weight is 251 g/mol. The topological polar surface area (TPSA) is 115 Å². The Labute approximate surface area is 101 Å². The van der Waals surface area contributed by atoms with Crippen LogP contribution in [0, 0.1) is 0 Å². The van der Waals surface area contributed by atoms with E-state index < -0.39 is 5.91 Å². The number of hydrogen-bond acceptors (Lipinski definition) is 5. The lowest BCUT2D eigenvalue weighted by atomic mass is 10.3. The maximum absolute atomic E-state index is 11.7. The molecule has 0 saturated carbocycles. The third kappa shape index (κ3) is 2.13. The third-order valence-electron chi connectivity index (χ3n) is 2.08. The molecule has 0 aliphatic carbocycles. The second-order valence-corrected chi connectivity index (χ2v) is 3.64. The highest BCUT2D eigenvalue weighted by atomic mass is 32.1. The van der Waals surface area contributed by atoms with Crippen molar-refractivity contribution in [3.8, 4) is 0 Å². The molecule has 0 atom stereocenters. The Kier molecular flexibility index (Phi) is 2.83. The lowest BCUT2D eigenvalue weighted by Gasteiger charge is -2.05. The largest absolute Gasteiger partial charge is 0.389 e. The monoisotopic (exact) mass is 251 g/mol. The van der Waals surface area contributed by atoms with Crippen LogP contribution in [0.1, 0.15) is 16.1 Å². The zero-order valence-electron chi connectivity index (χ0n) is 8.84. The van der Waals surface area contributed by atoms with Crippen molar-refractivity contribution in [2.45, 2.75) is 0 Å². The summed E-state index contributed by atoms with van der Waals surface area (Å²) in [5.41, 5.74) is 6.18. The minimum Gasteiger partial charge on any atom is -0.389 e. The Morgan fingerprint density at radius 1 is 1.59 bits per heavy atom. The van der Waals surface area contributed by atoms with E-state index in [0.29, 0.717) is 11.4 Å². The first-order valence-corrected chi connectivity index (χ1v) is 4.99. The van der Waals surface area contributed by atoms with E-state index in [1.165, 1.54) is 17.1 Å². The summed E-state index contributed by atoms with van der Waals surface area (Å²) in [7, 11) is 1.67. The number of aromatic amines is 1. The zero-order valence-corrected chi connectivity index (χ0v) is 9.65. The van der Waals surface area contributed by atoms with Gasteiger partial charge in [0.15, 0.2) is 5.69 Å². The third-order valence-corrected chi connectivity index (χ3v) is 2.30. The quantitative estimate of drug-likeness (QED) is 0.629. The van der Waals surface area contributed by atoms with Crippen LogP contribution in [0.15, 0.2) is 12.4 Å². The number of aryl methyl sites for hydroxylation is 1. The molecule has 0 spiro atoms. The van der Waals surface area contributed by atoms with Gasteiger partial charge < -0.3 is 11.1 Å². The van der Waals surface area contributed by atoms with Crippen LogP contribution in [0.3, 0.4) is 0 Å². The van der Waals surface area contributed by atoms with Gasteiger partial charge in [0.05, 0.1) is 18.0 Å². The van der Waals surface area contributed by atoms with Crippen LogP contribution in [0.2, 0.25) is 0 Å². The number of carbonyl (C=O) groups is 1. The number of rotatable bonds is 3. The number of amides is 1. The first-order chi connectivity index (χ1) is 8.09.